The maximum atomic E-state index is 13.7. The summed E-state index contributed by atoms with van der Waals surface area (Å²) in [5, 5.41) is 21.6. The lowest BCUT2D eigenvalue weighted by atomic mass is 9.80. The molecule has 1 aliphatic heterocycles. The first kappa shape index (κ1) is 52.3. The van der Waals surface area contributed by atoms with Crippen LogP contribution in [-0.2, 0) is 44.8 Å². The van der Waals surface area contributed by atoms with Crippen molar-refractivity contribution in [2.75, 3.05) is 46.1 Å². The zero-order valence-corrected chi connectivity index (χ0v) is 41.5. The molecule has 1 saturated heterocycles. The van der Waals surface area contributed by atoms with Crippen molar-refractivity contribution < 1.29 is 42.3 Å². The summed E-state index contributed by atoms with van der Waals surface area (Å²) in [5.74, 6) is 0.810. The first-order valence-corrected chi connectivity index (χ1v) is 24.4. The Balaban J connectivity index is 1.36. The number of methoxy groups -OCH3 is 2. The maximum Gasteiger partial charge on any atom is 0.280 e. The Morgan fingerprint density at radius 3 is 2.03 bits per heavy atom. The van der Waals surface area contributed by atoms with E-state index in [1.165, 1.54) is 6.33 Å². The molecule has 5 atom stereocenters. The average Bonchev–Trinajstić information content (AvgIpc) is 3.95. The van der Waals surface area contributed by atoms with Crippen molar-refractivity contribution >= 4 is 31.5 Å². The number of hydrogen-bond donors (Lipinski definition) is 2. The van der Waals surface area contributed by atoms with Crippen LogP contribution in [0, 0.1) is 22.7 Å². The summed E-state index contributed by atoms with van der Waals surface area (Å²) in [4.78, 5) is 38.7. The van der Waals surface area contributed by atoms with Gasteiger partial charge in [-0.2, -0.15) is 15.5 Å². The molecule has 1 fully saturated rings. The van der Waals surface area contributed by atoms with Gasteiger partial charge in [0.25, 0.3) is 14.1 Å². The van der Waals surface area contributed by atoms with Gasteiger partial charge >= 0.3 is 0 Å². The number of aromatic nitrogens is 4. The molecule has 0 aliphatic carbocycles. The summed E-state index contributed by atoms with van der Waals surface area (Å²) >= 11 is 0. The molecule has 1 unspecified atom stereocenters. The lowest BCUT2D eigenvalue weighted by molar-refractivity contribution is -0.136. The molecular weight excluding hydrogens is 928 g/mol. The molecule has 4 aromatic carbocycles. The Morgan fingerprint density at radius 1 is 0.845 bits per heavy atom. The third-order valence-electron chi connectivity index (χ3n) is 11.7. The summed E-state index contributed by atoms with van der Waals surface area (Å²) in [6, 6.07) is 38.4. The van der Waals surface area contributed by atoms with Gasteiger partial charge in [-0.25, -0.2) is 9.65 Å². The number of anilines is 1. The minimum atomic E-state index is -1.93. The normalized spacial score (nSPS) is 17.3. The Labute approximate surface area is 414 Å². The third-order valence-corrected chi connectivity index (χ3v) is 13.8. The predicted octanol–water partition coefficient (Wildman–Crippen LogP) is 8.16. The van der Waals surface area contributed by atoms with Crippen LogP contribution in [0.1, 0.15) is 69.0 Å². The fourth-order valence-corrected chi connectivity index (χ4v) is 10.3. The van der Waals surface area contributed by atoms with Gasteiger partial charge in [-0.3, -0.25) is 24.5 Å². The molecule has 0 spiro atoms. The lowest BCUT2D eigenvalue weighted by Crippen LogP contribution is -2.43. The predicted molar refractivity (Wildman–Crippen MR) is 265 cm³/mol. The van der Waals surface area contributed by atoms with Gasteiger partial charge in [-0.05, 0) is 74.2 Å². The number of fused-ring (bicyclic) bond motifs is 1. The Morgan fingerprint density at radius 2 is 1.44 bits per heavy atom. The molecule has 19 heteroatoms. The van der Waals surface area contributed by atoms with E-state index in [1.807, 2.05) is 137 Å². The third kappa shape index (κ3) is 12.5. The standard InChI is InChI=1S/C52H59N8O10P/c1-35(2)60(36(3)4)71(68-30-14-28-54)70-46-43(32-67-52(38-17-11-8-12-18-38,39-19-23-41(63-5)24-20-39)40-21-25-42(64-6)26-22-40)69-50(47(46)66-34-65-29-13-27-53)59-33-55-45-48(59)57-51(58-49(45)62)56-44(61)31-37-15-9-7-10-16-37/h7-12,15-26,33,35-36,43,46-47,50H,13-14,29-32,34H2,1-6H3,(H2,56,57,58,61,62)/t43-,46-,47-,50-,71?/m1/s1. The lowest BCUT2D eigenvalue weighted by Gasteiger charge is -2.39. The molecule has 3 heterocycles. The molecule has 372 valence electrons. The summed E-state index contributed by atoms with van der Waals surface area (Å²) in [5.41, 5.74) is 1.32. The zero-order chi connectivity index (χ0) is 50.3. The number of carbonyl (C=O) groups is 1. The Kier molecular flexibility index (Phi) is 18.4. The van der Waals surface area contributed by atoms with Gasteiger partial charge < -0.3 is 37.5 Å². The quantitative estimate of drug-likeness (QED) is 0.0239. The van der Waals surface area contributed by atoms with E-state index in [2.05, 4.69) is 32.1 Å². The van der Waals surface area contributed by atoms with Crippen LogP contribution in [0.2, 0.25) is 0 Å². The summed E-state index contributed by atoms with van der Waals surface area (Å²) < 4.78 is 55.5. The number of amides is 1. The molecule has 2 aromatic heterocycles. The van der Waals surface area contributed by atoms with E-state index in [0.717, 1.165) is 22.3 Å². The fourth-order valence-electron chi connectivity index (χ4n) is 8.48. The van der Waals surface area contributed by atoms with Crippen LogP contribution < -0.4 is 20.3 Å². The number of ether oxygens (including phenoxy) is 6. The molecule has 1 amide bonds. The number of imidazole rings is 1. The number of rotatable bonds is 25. The highest BCUT2D eigenvalue weighted by atomic mass is 31.2. The number of H-pyrrole nitrogens is 1. The minimum absolute atomic E-state index is 0.0224. The monoisotopic (exact) mass is 986 g/mol. The average molecular weight is 987 g/mol. The van der Waals surface area contributed by atoms with Gasteiger partial charge in [0, 0.05) is 12.1 Å². The van der Waals surface area contributed by atoms with E-state index in [4.69, 9.17) is 42.5 Å². The largest absolute Gasteiger partial charge is 0.497 e. The van der Waals surface area contributed by atoms with Gasteiger partial charge in [-0.15, -0.1) is 0 Å². The minimum Gasteiger partial charge on any atom is -0.497 e. The van der Waals surface area contributed by atoms with Crippen LogP contribution in [0.25, 0.3) is 11.2 Å². The highest BCUT2D eigenvalue weighted by Gasteiger charge is 2.52. The molecule has 1 aliphatic rings. The number of hydrogen-bond acceptors (Lipinski definition) is 15. The smallest absolute Gasteiger partial charge is 0.280 e. The number of aromatic amines is 1. The highest BCUT2D eigenvalue weighted by molar-refractivity contribution is 7.44. The van der Waals surface area contributed by atoms with E-state index in [9.17, 15) is 20.1 Å². The summed E-state index contributed by atoms with van der Waals surface area (Å²) in [6.07, 6.45) is -2.42. The fraction of sp³-hybridized carbons (Fsp3) is 0.385. The second kappa shape index (κ2) is 25.0. The first-order valence-electron chi connectivity index (χ1n) is 23.3. The SMILES string of the molecule is COc1ccc(C(OC[C@H]2O[C@@H](n3cnc4c(=O)[nH]c(NC(=O)Cc5ccccc5)nc43)[C@H](OCOCCC#N)[C@@H]2OP(OCCC#N)N(C(C)C)C(C)C)(c2ccccc2)c2ccc(OC)cc2)cc1. The van der Waals surface area contributed by atoms with Crippen LogP contribution in [0.15, 0.2) is 120 Å². The van der Waals surface area contributed by atoms with Gasteiger partial charge in [-0.1, -0.05) is 84.9 Å². The van der Waals surface area contributed by atoms with Gasteiger partial charge in [0.05, 0.1) is 71.8 Å². The Bertz CT molecular complexity index is 2730. The zero-order valence-electron chi connectivity index (χ0n) is 40.6. The van der Waals surface area contributed by atoms with Gasteiger partial charge in [0.15, 0.2) is 17.4 Å². The molecule has 18 nitrogen and oxygen atoms in total. The number of nitrogens with one attached hydrogen (secondary N) is 2. The number of carbonyl (C=O) groups excluding carboxylic acids is 1. The number of nitriles is 2. The maximum absolute atomic E-state index is 13.7. The highest BCUT2D eigenvalue weighted by Crippen LogP contribution is 2.51. The Hall–Kier alpha value is -6.57. The molecule has 6 aromatic rings. The van der Waals surface area contributed by atoms with E-state index < -0.39 is 50.1 Å². The summed E-state index contributed by atoms with van der Waals surface area (Å²) in [7, 11) is 1.29. The van der Waals surface area contributed by atoms with E-state index >= 15 is 0 Å². The van der Waals surface area contributed by atoms with Crippen LogP contribution in [0.3, 0.4) is 0 Å². The van der Waals surface area contributed by atoms with Gasteiger partial charge in [0.2, 0.25) is 11.9 Å². The van der Waals surface area contributed by atoms with Crippen molar-refractivity contribution in [3.8, 4) is 23.6 Å². The first-order chi connectivity index (χ1) is 34.5. The number of nitrogens with zero attached hydrogens (tertiary/aromatic N) is 6. The van der Waals surface area contributed by atoms with E-state index in [1.54, 1.807) is 18.8 Å². The molecule has 2 N–H and O–H groups in total. The second-order valence-electron chi connectivity index (χ2n) is 17.0. The van der Waals surface area contributed by atoms with E-state index in [-0.39, 0.29) is 75.1 Å². The second-order valence-corrected chi connectivity index (χ2v) is 18.4. The molecule has 71 heavy (non-hydrogen) atoms. The van der Waals surface area contributed by atoms with Crippen LogP contribution in [0.4, 0.5) is 5.95 Å². The molecule has 0 radical (unpaired) electrons. The van der Waals surface area contributed by atoms with Crippen molar-refractivity contribution in [3.63, 3.8) is 0 Å². The van der Waals surface area contributed by atoms with Crippen LogP contribution >= 0.6 is 8.53 Å². The summed E-state index contributed by atoms with van der Waals surface area (Å²) in [6.45, 7) is 7.90. The molecule has 7 rings (SSSR count). The van der Waals surface area contributed by atoms with E-state index in [0.29, 0.717) is 11.5 Å². The van der Waals surface area contributed by atoms with Crippen LogP contribution in [-0.4, -0.2) is 101 Å². The van der Waals surface area contributed by atoms with Crippen molar-refractivity contribution in [2.45, 2.75) is 89.2 Å². The molecule has 0 bridgehead atoms. The number of benzene rings is 4. The van der Waals surface area contributed by atoms with Crippen molar-refractivity contribution in [2.24, 2.45) is 0 Å². The van der Waals surface area contributed by atoms with Crippen LogP contribution in [0.5, 0.6) is 11.5 Å². The topological polar surface area (TPSA) is 217 Å². The molecular formula is C52H59N8O10P. The van der Waals surface area contributed by atoms with Crippen molar-refractivity contribution in [1.82, 2.24) is 24.2 Å². The van der Waals surface area contributed by atoms with Crippen molar-refractivity contribution in [1.29, 1.82) is 10.5 Å². The van der Waals surface area contributed by atoms with Gasteiger partial charge in [0.1, 0.15) is 42.2 Å². The van der Waals surface area contributed by atoms with Crippen molar-refractivity contribution in [3.05, 3.63) is 148 Å². The molecule has 0 saturated carbocycles.